The number of carbonyl (C=O) groups is 2. The predicted octanol–water partition coefficient (Wildman–Crippen LogP) is 5.05. The highest BCUT2D eigenvalue weighted by molar-refractivity contribution is 9.10. The summed E-state index contributed by atoms with van der Waals surface area (Å²) in [5, 5.41) is 8.40. The van der Waals surface area contributed by atoms with Crippen molar-refractivity contribution in [3.8, 4) is 0 Å². The lowest BCUT2D eigenvalue weighted by molar-refractivity contribution is 0.0520. The molecule has 24 heavy (non-hydrogen) atoms. The number of carboxylic acids is 1. The number of benzene rings is 2. The normalized spacial score (nSPS) is 9.71. The first-order chi connectivity index (χ1) is 11.3. The van der Waals surface area contributed by atoms with Crippen LogP contribution in [0.15, 0.2) is 45.3 Å². The maximum atomic E-state index is 13.1. The molecule has 0 atom stereocenters. The number of ether oxygens (including phenoxy) is 1. The molecular weight excluding hydrogens is 454 g/mol. The summed E-state index contributed by atoms with van der Waals surface area (Å²) in [6.45, 7) is 1.92. The van der Waals surface area contributed by atoms with Crippen LogP contribution in [0.2, 0.25) is 0 Å². The number of hydrogen-bond donors (Lipinski definition) is 1. The highest BCUT2D eigenvalue weighted by Gasteiger charge is 2.12. The first-order valence-corrected chi connectivity index (χ1v) is 8.15. The molecule has 128 valence electrons. The third-order valence-corrected chi connectivity index (χ3v) is 3.57. The molecule has 0 bridgehead atoms. The summed E-state index contributed by atoms with van der Waals surface area (Å²) in [6, 6.07) is 8.01. The first-order valence-electron chi connectivity index (χ1n) is 6.56. The van der Waals surface area contributed by atoms with Gasteiger partial charge in [0.1, 0.15) is 11.6 Å². The van der Waals surface area contributed by atoms with Crippen LogP contribution in [0.4, 0.5) is 8.78 Å². The maximum Gasteiger partial charge on any atom is 0.341 e. The Morgan fingerprint density at radius 2 is 1.46 bits per heavy atom. The monoisotopic (exact) mass is 464 g/mol. The Morgan fingerprint density at radius 3 is 1.83 bits per heavy atom. The highest BCUT2D eigenvalue weighted by Crippen LogP contribution is 2.16. The molecule has 0 unspecified atom stereocenters. The molecular formula is C16H12Br2F2O4. The molecule has 0 heterocycles. The van der Waals surface area contributed by atoms with E-state index in [0.717, 1.165) is 6.07 Å². The number of halogens is 4. The van der Waals surface area contributed by atoms with Crippen molar-refractivity contribution in [2.75, 3.05) is 6.61 Å². The second-order valence-electron chi connectivity index (χ2n) is 4.27. The van der Waals surface area contributed by atoms with E-state index in [4.69, 9.17) is 5.11 Å². The Morgan fingerprint density at radius 1 is 1.00 bits per heavy atom. The Labute approximate surface area is 153 Å². The number of hydrogen-bond acceptors (Lipinski definition) is 3. The van der Waals surface area contributed by atoms with Crippen molar-refractivity contribution >= 4 is 43.8 Å². The minimum absolute atomic E-state index is 0.0370. The van der Waals surface area contributed by atoms with Crippen molar-refractivity contribution in [2.24, 2.45) is 0 Å². The van der Waals surface area contributed by atoms with Gasteiger partial charge in [0.05, 0.1) is 17.7 Å². The molecule has 1 N–H and O–H groups in total. The molecule has 0 radical (unpaired) electrons. The molecule has 8 heteroatoms. The molecule has 0 aliphatic carbocycles. The van der Waals surface area contributed by atoms with E-state index < -0.39 is 23.6 Å². The zero-order valence-electron chi connectivity index (χ0n) is 12.4. The maximum absolute atomic E-state index is 13.1. The number of aromatic carboxylic acids is 1. The lowest BCUT2D eigenvalue weighted by atomic mass is 10.2. The van der Waals surface area contributed by atoms with Gasteiger partial charge in [-0.2, -0.15) is 0 Å². The van der Waals surface area contributed by atoms with Gasteiger partial charge >= 0.3 is 11.9 Å². The van der Waals surface area contributed by atoms with Gasteiger partial charge in [0.15, 0.2) is 0 Å². The fraction of sp³-hybridized carbons (Fsp3) is 0.125. The van der Waals surface area contributed by atoms with Gasteiger partial charge in [-0.3, -0.25) is 0 Å². The Hall–Kier alpha value is -1.80. The summed E-state index contributed by atoms with van der Waals surface area (Å²) in [6.07, 6.45) is 0. The molecule has 0 spiro atoms. The van der Waals surface area contributed by atoms with Crippen molar-refractivity contribution in [2.45, 2.75) is 6.92 Å². The van der Waals surface area contributed by atoms with Gasteiger partial charge in [0, 0.05) is 8.95 Å². The summed E-state index contributed by atoms with van der Waals surface area (Å²) in [5.41, 5.74) is -0.349. The van der Waals surface area contributed by atoms with Crippen molar-refractivity contribution in [1.29, 1.82) is 0 Å². The first kappa shape index (κ1) is 20.2. The fourth-order valence-corrected chi connectivity index (χ4v) is 2.19. The number of esters is 1. The zero-order chi connectivity index (χ0) is 18.3. The van der Waals surface area contributed by atoms with E-state index in [9.17, 15) is 18.4 Å². The van der Waals surface area contributed by atoms with E-state index in [2.05, 4.69) is 36.6 Å². The zero-order valence-corrected chi connectivity index (χ0v) is 15.5. The number of carboxylic acid groups (broad SMARTS) is 1. The third-order valence-electron chi connectivity index (χ3n) is 2.59. The minimum atomic E-state index is -1.25. The average molecular weight is 466 g/mol. The van der Waals surface area contributed by atoms with Crippen LogP contribution < -0.4 is 0 Å². The quantitative estimate of drug-likeness (QED) is 0.644. The van der Waals surface area contributed by atoms with Crippen LogP contribution in [0, 0.1) is 11.6 Å². The van der Waals surface area contributed by atoms with Crippen LogP contribution in [0.3, 0.4) is 0 Å². The number of carbonyl (C=O) groups excluding carboxylic acids is 1. The van der Waals surface area contributed by atoms with Crippen LogP contribution >= 0.6 is 31.9 Å². The molecule has 0 amide bonds. The lowest BCUT2D eigenvalue weighted by Gasteiger charge is -2.02. The van der Waals surface area contributed by atoms with Crippen molar-refractivity contribution in [3.05, 3.63) is 68.1 Å². The Bertz CT molecular complexity index is 751. The van der Waals surface area contributed by atoms with Crippen LogP contribution in [-0.4, -0.2) is 23.7 Å². The van der Waals surface area contributed by atoms with Gasteiger partial charge in [-0.15, -0.1) is 0 Å². The molecule has 0 saturated carbocycles. The molecule has 4 nitrogen and oxygen atoms in total. The van der Waals surface area contributed by atoms with Gasteiger partial charge < -0.3 is 9.84 Å². The third kappa shape index (κ3) is 6.01. The van der Waals surface area contributed by atoms with Gasteiger partial charge in [0.25, 0.3) is 0 Å². The molecule has 2 aromatic rings. The minimum Gasteiger partial charge on any atom is -0.478 e. The van der Waals surface area contributed by atoms with Gasteiger partial charge in [0.2, 0.25) is 0 Å². The molecule has 2 rings (SSSR count). The van der Waals surface area contributed by atoms with E-state index in [1.807, 2.05) is 0 Å². The van der Waals surface area contributed by atoms with Crippen molar-refractivity contribution in [3.63, 3.8) is 0 Å². The summed E-state index contributed by atoms with van der Waals surface area (Å²) < 4.78 is 31.6. The second kappa shape index (κ2) is 9.48. The summed E-state index contributed by atoms with van der Waals surface area (Å²) in [4.78, 5) is 21.4. The topological polar surface area (TPSA) is 63.6 Å². The van der Waals surface area contributed by atoms with Crippen molar-refractivity contribution in [1.82, 2.24) is 0 Å². The lowest BCUT2D eigenvalue weighted by Crippen LogP contribution is -2.06. The SMILES string of the molecule is CCOC(=O)c1ccc(Br)cc1F.O=C(O)c1ccc(Br)cc1F. The van der Waals surface area contributed by atoms with Crippen LogP contribution in [0.25, 0.3) is 0 Å². The van der Waals surface area contributed by atoms with Crippen LogP contribution in [0.5, 0.6) is 0 Å². The largest absolute Gasteiger partial charge is 0.478 e. The molecule has 0 saturated heterocycles. The fourth-order valence-electron chi connectivity index (χ4n) is 1.53. The van der Waals surface area contributed by atoms with E-state index in [0.29, 0.717) is 8.95 Å². The van der Waals surface area contributed by atoms with Gasteiger partial charge in [-0.05, 0) is 43.3 Å². The van der Waals surface area contributed by atoms with E-state index in [1.54, 1.807) is 13.0 Å². The Kier molecular flexibility index (Phi) is 8.00. The van der Waals surface area contributed by atoms with E-state index in [-0.39, 0.29) is 17.7 Å². The molecule has 0 aromatic heterocycles. The van der Waals surface area contributed by atoms with Crippen LogP contribution in [-0.2, 0) is 4.74 Å². The Balaban J connectivity index is 0.000000243. The summed E-state index contributed by atoms with van der Waals surface area (Å²) >= 11 is 6.10. The highest BCUT2D eigenvalue weighted by atomic mass is 79.9. The number of rotatable bonds is 3. The summed E-state index contributed by atoms with van der Waals surface area (Å²) in [7, 11) is 0. The van der Waals surface area contributed by atoms with E-state index in [1.165, 1.54) is 24.3 Å². The molecule has 0 fully saturated rings. The van der Waals surface area contributed by atoms with Gasteiger partial charge in [-0.1, -0.05) is 31.9 Å². The average Bonchev–Trinajstić information content (AvgIpc) is 2.47. The summed E-state index contributed by atoms with van der Waals surface area (Å²) in [5.74, 6) is -3.19. The molecule has 0 aliphatic heterocycles. The smallest absolute Gasteiger partial charge is 0.341 e. The standard InChI is InChI=1S/C9H8BrFO2.C7H4BrFO2/c1-2-13-9(12)7-4-3-6(10)5-8(7)11;8-4-1-2-5(7(10)11)6(9)3-4/h3-5H,2H2,1H3;1-3H,(H,10,11). The predicted molar refractivity (Wildman–Crippen MR) is 91.1 cm³/mol. The van der Waals surface area contributed by atoms with Gasteiger partial charge in [-0.25, -0.2) is 18.4 Å². The van der Waals surface area contributed by atoms with Crippen LogP contribution in [0.1, 0.15) is 27.6 Å². The van der Waals surface area contributed by atoms with E-state index >= 15 is 0 Å². The second-order valence-corrected chi connectivity index (χ2v) is 6.11. The van der Waals surface area contributed by atoms with Crippen molar-refractivity contribution < 1.29 is 28.2 Å². The molecule has 2 aromatic carbocycles. The molecule has 0 aliphatic rings.